The minimum absolute atomic E-state index is 0.00736. The van der Waals surface area contributed by atoms with E-state index in [1.165, 1.54) is 0 Å². The zero-order chi connectivity index (χ0) is 46.2. The van der Waals surface area contributed by atoms with Crippen LogP contribution in [-0.2, 0) is 19.2 Å². The fourth-order valence-electron chi connectivity index (χ4n) is 9.54. The Bertz CT molecular complexity index is 1900. The Labute approximate surface area is 384 Å². The first-order valence-electron chi connectivity index (χ1n) is 24.8. The number of hydrogen-bond acceptors (Lipinski definition) is 4. The van der Waals surface area contributed by atoms with Crippen molar-refractivity contribution < 1.29 is 19.2 Å². The molecular formula is C56H76N4O4. The number of unbranched alkanes of at least 4 members (excludes halogenated alkanes) is 4. The number of rotatable bonds is 20. The molecule has 0 saturated carbocycles. The molecule has 8 nitrogen and oxygen atoms in total. The van der Waals surface area contributed by atoms with Gasteiger partial charge in [0.05, 0.1) is 0 Å². The second-order valence-electron chi connectivity index (χ2n) is 17.8. The van der Waals surface area contributed by atoms with Crippen LogP contribution in [0.25, 0.3) is 0 Å². The van der Waals surface area contributed by atoms with Gasteiger partial charge < -0.3 is 21.3 Å². The quantitative estimate of drug-likeness (QED) is 0.0708. The summed E-state index contributed by atoms with van der Waals surface area (Å²) in [5.74, 6) is -0.273. The highest BCUT2D eigenvalue weighted by molar-refractivity contribution is 5.94. The Morgan fingerprint density at radius 3 is 0.719 bits per heavy atom. The second kappa shape index (κ2) is 24.7. The van der Waals surface area contributed by atoms with Gasteiger partial charge in [0.15, 0.2) is 0 Å². The lowest BCUT2D eigenvalue weighted by Gasteiger charge is -2.29. The molecule has 4 amide bonds. The Kier molecular flexibility index (Phi) is 19.2. The summed E-state index contributed by atoms with van der Waals surface area (Å²) in [6.07, 6.45) is 11.9. The summed E-state index contributed by atoms with van der Waals surface area (Å²) >= 11 is 0. The molecular weight excluding hydrogens is 793 g/mol. The number of anilines is 4. The molecule has 8 heteroatoms. The van der Waals surface area contributed by atoms with Crippen LogP contribution >= 0.6 is 0 Å². The van der Waals surface area contributed by atoms with Crippen LogP contribution in [0.1, 0.15) is 226 Å². The summed E-state index contributed by atoms with van der Waals surface area (Å²) in [5.41, 5.74) is 11.9. The van der Waals surface area contributed by atoms with Crippen molar-refractivity contribution in [2.24, 2.45) is 0 Å². The lowest BCUT2D eigenvalue weighted by molar-refractivity contribution is -0.117. The lowest BCUT2D eigenvalue weighted by Crippen LogP contribution is -2.18. The molecule has 4 unspecified atom stereocenters. The van der Waals surface area contributed by atoms with Crippen LogP contribution in [0.5, 0.6) is 0 Å². The number of hydrogen-bond donors (Lipinski definition) is 4. The number of benzene rings is 4. The van der Waals surface area contributed by atoms with Crippen molar-refractivity contribution in [3.05, 3.63) is 117 Å². The van der Waals surface area contributed by atoms with Crippen molar-refractivity contribution in [3.63, 3.8) is 0 Å². The van der Waals surface area contributed by atoms with E-state index in [1.54, 1.807) is 0 Å². The van der Waals surface area contributed by atoms with Gasteiger partial charge in [-0.25, -0.2) is 0 Å². The Morgan fingerprint density at radius 1 is 0.344 bits per heavy atom. The minimum atomic E-state index is -0.0757. The van der Waals surface area contributed by atoms with E-state index in [0.717, 1.165) is 144 Å². The maximum Gasteiger partial charge on any atom is 0.224 e. The molecule has 0 radical (unpaired) electrons. The Morgan fingerprint density at radius 2 is 0.547 bits per heavy atom. The predicted octanol–water partition coefficient (Wildman–Crippen LogP) is 14.7. The van der Waals surface area contributed by atoms with E-state index in [2.05, 4.69) is 149 Å². The molecule has 1 aliphatic carbocycles. The number of carbonyl (C=O) groups is 4. The topological polar surface area (TPSA) is 116 Å². The van der Waals surface area contributed by atoms with Gasteiger partial charge in [0.1, 0.15) is 0 Å². The molecule has 8 bridgehead atoms. The highest BCUT2D eigenvalue weighted by atomic mass is 16.2. The van der Waals surface area contributed by atoms with Crippen molar-refractivity contribution in [1.29, 1.82) is 0 Å². The standard InChI is InChI=1S/C56H76N4O4/c1-9-17-21-53(61)57-49-29-25-37-33-45(49)41(13-5)38-26-30-50(58-54(62)22-18-10-2)46(34-38)43(15-7)40-28-32-52(60-56(64)24-20-12-4)48(36-40)44(16-8)39-27-31-51(47(35-39)42(37)14-6)59-55(63)23-19-11-3/h25-36,41-44H,9-24H2,1-8H3,(H,57,61)(H,58,62)(H,59,63)(H,60,64). The van der Waals surface area contributed by atoms with Crippen LogP contribution in [-0.4, -0.2) is 23.6 Å². The predicted molar refractivity (Wildman–Crippen MR) is 267 cm³/mol. The van der Waals surface area contributed by atoms with E-state index >= 15 is 0 Å². The van der Waals surface area contributed by atoms with E-state index in [-0.39, 0.29) is 47.3 Å². The molecule has 0 heterocycles. The Balaban J connectivity index is 1.86. The third-order valence-electron chi connectivity index (χ3n) is 13.2. The summed E-state index contributed by atoms with van der Waals surface area (Å²) in [7, 11) is 0. The summed E-state index contributed by atoms with van der Waals surface area (Å²) < 4.78 is 0. The maximum absolute atomic E-state index is 13.5. The minimum Gasteiger partial charge on any atom is -0.326 e. The number of carbonyl (C=O) groups excluding carboxylic acids is 4. The molecule has 0 fully saturated rings. The number of fused-ring (bicyclic) bond motifs is 8. The van der Waals surface area contributed by atoms with Gasteiger partial charge in [0.2, 0.25) is 23.6 Å². The van der Waals surface area contributed by atoms with Crippen molar-refractivity contribution in [2.75, 3.05) is 21.3 Å². The van der Waals surface area contributed by atoms with Gasteiger partial charge in [0.25, 0.3) is 0 Å². The highest BCUT2D eigenvalue weighted by Crippen LogP contribution is 2.45. The van der Waals surface area contributed by atoms with Crippen molar-refractivity contribution >= 4 is 46.4 Å². The third-order valence-corrected chi connectivity index (χ3v) is 13.2. The molecule has 4 atom stereocenters. The van der Waals surface area contributed by atoms with Crippen molar-refractivity contribution in [2.45, 2.75) is 182 Å². The summed E-state index contributed by atoms with van der Waals surface area (Å²) in [6, 6.07) is 26.1. The van der Waals surface area contributed by atoms with Gasteiger partial charge in [0, 0.05) is 72.1 Å². The van der Waals surface area contributed by atoms with Crippen LogP contribution in [0.2, 0.25) is 0 Å². The molecule has 64 heavy (non-hydrogen) atoms. The van der Waals surface area contributed by atoms with Crippen molar-refractivity contribution in [3.8, 4) is 0 Å². The second-order valence-corrected chi connectivity index (χ2v) is 17.8. The lowest BCUT2D eigenvalue weighted by atomic mass is 9.78. The van der Waals surface area contributed by atoms with Crippen LogP contribution < -0.4 is 21.3 Å². The smallest absolute Gasteiger partial charge is 0.224 e. The van der Waals surface area contributed by atoms with Gasteiger partial charge in [-0.2, -0.15) is 0 Å². The highest BCUT2D eigenvalue weighted by Gasteiger charge is 2.28. The molecule has 0 aromatic heterocycles. The average Bonchev–Trinajstić information content (AvgIpc) is 3.29. The van der Waals surface area contributed by atoms with Crippen LogP contribution in [0.15, 0.2) is 72.8 Å². The normalized spacial score (nSPS) is 16.8. The average molecular weight is 869 g/mol. The van der Waals surface area contributed by atoms with E-state index in [1.807, 2.05) is 0 Å². The SMILES string of the molecule is CCCCC(=O)Nc1ccc2cc1C(CC)c1ccc(NC(=O)CCCC)c(c1)C(CC)c1ccc(NC(=O)CCCC)c(c1)C(CC)c1ccc(NC(=O)CCCC)c(c1)C2CC. The molecule has 0 spiro atoms. The molecule has 5 rings (SSSR count). The summed E-state index contributed by atoms with van der Waals surface area (Å²) in [5, 5.41) is 13.3. The van der Waals surface area contributed by atoms with Crippen LogP contribution in [0.4, 0.5) is 22.7 Å². The molecule has 0 aliphatic heterocycles. The molecule has 0 saturated heterocycles. The van der Waals surface area contributed by atoms with Gasteiger partial charge in [-0.3, -0.25) is 19.2 Å². The first kappa shape index (κ1) is 49.8. The molecule has 344 valence electrons. The fourth-order valence-corrected chi connectivity index (χ4v) is 9.54. The molecule has 4 aromatic rings. The monoisotopic (exact) mass is 869 g/mol. The fraction of sp³-hybridized carbons (Fsp3) is 0.500. The zero-order valence-corrected chi connectivity index (χ0v) is 40.2. The van der Waals surface area contributed by atoms with Crippen molar-refractivity contribution in [1.82, 2.24) is 0 Å². The van der Waals surface area contributed by atoms with E-state index in [9.17, 15) is 19.2 Å². The molecule has 1 aliphatic rings. The number of nitrogens with one attached hydrogen (secondary N) is 4. The van der Waals surface area contributed by atoms with Crippen LogP contribution in [0.3, 0.4) is 0 Å². The Hall–Kier alpha value is -5.24. The van der Waals surface area contributed by atoms with E-state index < -0.39 is 0 Å². The zero-order valence-electron chi connectivity index (χ0n) is 40.2. The molecule has 4 aromatic carbocycles. The van der Waals surface area contributed by atoms with Gasteiger partial charge in [-0.1, -0.05) is 130 Å². The number of amides is 4. The van der Waals surface area contributed by atoms with Gasteiger partial charge in [-0.05, 0) is 120 Å². The summed E-state index contributed by atoms with van der Waals surface area (Å²) in [4.78, 5) is 53.9. The maximum atomic E-state index is 13.5. The van der Waals surface area contributed by atoms with E-state index in [0.29, 0.717) is 25.7 Å². The third kappa shape index (κ3) is 12.5. The first-order valence-corrected chi connectivity index (χ1v) is 24.8. The van der Waals surface area contributed by atoms with Gasteiger partial charge >= 0.3 is 0 Å². The van der Waals surface area contributed by atoms with Crippen LogP contribution in [0, 0.1) is 0 Å². The van der Waals surface area contributed by atoms with E-state index in [4.69, 9.17) is 0 Å². The largest absolute Gasteiger partial charge is 0.326 e. The van der Waals surface area contributed by atoms with Gasteiger partial charge in [-0.15, -0.1) is 0 Å². The first-order chi connectivity index (χ1) is 31.0. The summed E-state index contributed by atoms with van der Waals surface area (Å²) in [6.45, 7) is 17.2. The molecule has 4 N–H and O–H groups in total.